The van der Waals surface area contributed by atoms with Gasteiger partial charge in [-0.05, 0) is 26.3 Å². The van der Waals surface area contributed by atoms with E-state index < -0.39 is 0 Å². The lowest BCUT2D eigenvalue weighted by molar-refractivity contribution is 0.00718. The Bertz CT molecular complexity index is 366. The number of ether oxygens (including phenoxy) is 1. The Kier molecular flexibility index (Phi) is 3.94. The van der Waals surface area contributed by atoms with Crippen LogP contribution >= 0.6 is 0 Å². The molecule has 0 saturated heterocycles. The fourth-order valence-corrected chi connectivity index (χ4v) is 1.55. The van der Waals surface area contributed by atoms with Gasteiger partial charge in [0.05, 0.1) is 5.54 Å². The number of methoxy groups -OCH3 is 1. The normalized spacial score (nSPS) is 15.0. The Morgan fingerprint density at radius 1 is 1.24 bits per heavy atom. The minimum absolute atomic E-state index is 0.0698. The highest BCUT2D eigenvalue weighted by molar-refractivity contribution is 5.02. The first-order valence-electron chi connectivity index (χ1n) is 5.78. The molecule has 5 nitrogen and oxygen atoms in total. The topological polar surface area (TPSA) is 60.2 Å². The molecular formula is C12H23N3O2. The highest BCUT2D eigenvalue weighted by Crippen LogP contribution is 2.34. The van der Waals surface area contributed by atoms with Crippen molar-refractivity contribution in [2.75, 3.05) is 14.2 Å². The van der Waals surface area contributed by atoms with Crippen LogP contribution in [0.4, 0.5) is 0 Å². The number of nitrogens with zero attached hydrogens (tertiary/aromatic N) is 2. The maximum Gasteiger partial charge on any atom is 0.246 e. The van der Waals surface area contributed by atoms with Gasteiger partial charge in [0.1, 0.15) is 6.10 Å². The third-order valence-electron chi connectivity index (χ3n) is 2.86. The van der Waals surface area contributed by atoms with Gasteiger partial charge in [0.2, 0.25) is 11.7 Å². The van der Waals surface area contributed by atoms with E-state index in [1.807, 2.05) is 20.9 Å². The molecule has 0 fully saturated rings. The molecule has 0 bridgehead atoms. The standard InChI is InChI=1S/C12H23N3O2/c1-11(2,3)8(16-7)9-14-10(17-15-9)12(4,5)13-6/h8,13H,1-7H3. The van der Waals surface area contributed by atoms with E-state index in [1.54, 1.807) is 7.11 Å². The lowest BCUT2D eigenvalue weighted by Crippen LogP contribution is -2.33. The third kappa shape index (κ3) is 3.04. The first-order chi connectivity index (χ1) is 7.72. The Hall–Kier alpha value is -0.940. The molecule has 0 saturated carbocycles. The molecule has 1 atom stereocenters. The SMILES string of the molecule is CNC(C)(C)c1nc(C(OC)C(C)(C)C)no1. The van der Waals surface area contributed by atoms with Crippen molar-refractivity contribution in [3.63, 3.8) is 0 Å². The highest BCUT2D eigenvalue weighted by atomic mass is 16.5. The summed E-state index contributed by atoms with van der Waals surface area (Å²) < 4.78 is 10.7. The molecule has 1 rings (SSSR count). The van der Waals surface area contributed by atoms with Crippen molar-refractivity contribution >= 4 is 0 Å². The molecule has 5 heteroatoms. The summed E-state index contributed by atoms with van der Waals surface area (Å²) in [6.07, 6.45) is -0.173. The molecule has 0 spiro atoms. The maximum atomic E-state index is 5.46. The third-order valence-corrected chi connectivity index (χ3v) is 2.86. The van der Waals surface area contributed by atoms with E-state index in [4.69, 9.17) is 9.26 Å². The molecule has 0 aliphatic rings. The van der Waals surface area contributed by atoms with Crippen molar-refractivity contribution < 1.29 is 9.26 Å². The van der Waals surface area contributed by atoms with Gasteiger partial charge in [-0.3, -0.25) is 0 Å². The first-order valence-corrected chi connectivity index (χ1v) is 5.78. The van der Waals surface area contributed by atoms with Gasteiger partial charge in [0, 0.05) is 7.11 Å². The van der Waals surface area contributed by atoms with Crippen LogP contribution in [-0.2, 0) is 10.3 Å². The van der Waals surface area contributed by atoms with Gasteiger partial charge in [-0.1, -0.05) is 25.9 Å². The van der Waals surface area contributed by atoms with Crippen LogP contribution < -0.4 is 5.32 Å². The van der Waals surface area contributed by atoms with Crippen molar-refractivity contribution in [3.05, 3.63) is 11.7 Å². The number of nitrogens with one attached hydrogen (secondary N) is 1. The van der Waals surface area contributed by atoms with E-state index in [2.05, 4.69) is 36.2 Å². The van der Waals surface area contributed by atoms with E-state index in [1.165, 1.54) is 0 Å². The van der Waals surface area contributed by atoms with Gasteiger partial charge >= 0.3 is 0 Å². The zero-order chi connectivity index (χ0) is 13.3. The largest absolute Gasteiger partial charge is 0.373 e. The molecule has 0 radical (unpaired) electrons. The van der Waals surface area contributed by atoms with Crippen molar-refractivity contribution in [2.45, 2.75) is 46.3 Å². The number of hydrogen-bond donors (Lipinski definition) is 1. The summed E-state index contributed by atoms with van der Waals surface area (Å²) >= 11 is 0. The molecule has 1 N–H and O–H groups in total. The van der Waals surface area contributed by atoms with Crippen molar-refractivity contribution in [1.82, 2.24) is 15.5 Å². The van der Waals surface area contributed by atoms with Crippen LogP contribution in [0.3, 0.4) is 0 Å². The van der Waals surface area contributed by atoms with Gasteiger partial charge in [0.25, 0.3) is 0 Å². The Balaban J connectivity index is 3.02. The summed E-state index contributed by atoms with van der Waals surface area (Å²) in [4.78, 5) is 4.43. The predicted octanol–water partition coefficient (Wildman–Crippen LogP) is 2.26. The van der Waals surface area contributed by atoms with Gasteiger partial charge in [-0.15, -0.1) is 0 Å². The average Bonchev–Trinajstić information content (AvgIpc) is 2.66. The van der Waals surface area contributed by atoms with Crippen LogP contribution in [0.25, 0.3) is 0 Å². The van der Waals surface area contributed by atoms with Gasteiger partial charge < -0.3 is 14.6 Å². The highest BCUT2D eigenvalue weighted by Gasteiger charge is 2.33. The Labute approximate surface area is 103 Å². The summed E-state index contributed by atoms with van der Waals surface area (Å²) in [5.41, 5.74) is -0.402. The molecule has 17 heavy (non-hydrogen) atoms. The molecule has 0 aliphatic heterocycles. The van der Waals surface area contributed by atoms with Crippen LogP contribution in [0, 0.1) is 5.41 Å². The molecule has 1 unspecified atom stereocenters. The Morgan fingerprint density at radius 2 is 1.82 bits per heavy atom. The summed E-state index contributed by atoms with van der Waals surface area (Å²) in [6, 6.07) is 0. The predicted molar refractivity (Wildman–Crippen MR) is 65.6 cm³/mol. The Morgan fingerprint density at radius 3 is 2.24 bits per heavy atom. The lowest BCUT2D eigenvalue weighted by atomic mass is 9.88. The second-order valence-electron chi connectivity index (χ2n) is 5.81. The fraction of sp³-hybridized carbons (Fsp3) is 0.833. The van der Waals surface area contributed by atoms with E-state index in [0.29, 0.717) is 11.7 Å². The lowest BCUT2D eigenvalue weighted by Gasteiger charge is -2.26. The van der Waals surface area contributed by atoms with Gasteiger partial charge in [-0.2, -0.15) is 4.98 Å². The maximum absolute atomic E-state index is 5.46. The van der Waals surface area contributed by atoms with Crippen LogP contribution in [-0.4, -0.2) is 24.3 Å². The molecule has 1 heterocycles. The van der Waals surface area contributed by atoms with Crippen LogP contribution in [0.2, 0.25) is 0 Å². The van der Waals surface area contributed by atoms with Crippen LogP contribution in [0.5, 0.6) is 0 Å². The number of hydrogen-bond acceptors (Lipinski definition) is 5. The van der Waals surface area contributed by atoms with Gasteiger partial charge in [0.15, 0.2) is 0 Å². The summed E-state index contributed by atoms with van der Waals surface area (Å²) in [6.45, 7) is 10.2. The van der Waals surface area contributed by atoms with E-state index >= 15 is 0 Å². The molecule has 1 aromatic rings. The van der Waals surface area contributed by atoms with E-state index in [0.717, 1.165) is 0 Å². The van der Waals surface area contributed by atoms with Gasteiger partial charge in [-0.25, -0.2) is 0 Å². The minimum atomic E-state index is -0.332. The smallest absolute Gasteiger partial charge is 0.246 e. The molecule has 98 valence electrons. The molecule has 0 aromatic carbocycles. The molecule has 0 amide bonds. The second-order valence-corrected chi connectivity index (χ2v) is 5.81. The first kappa shape index (κ1) is 14.1. The molecule has 0 aliphatic carbocycles. The second kappa shape index (κ2) is 4.74. The fourth-order valence-electron chi connectivity index (χ4n) is 1.55. The average molecular weight is 241 g/mol. The minimum Gasteiger partial charge on any atom is -0.373 e. The van der Waals surface area contributed by atoms with Crippen molar-refractivity contribution in [3.8, 4) is 0 Å². The molecular weight excluding hydrogens is 218 g/mol. The quantitative estimate of drug-likeness (QED) is 0.876. The van der Waals surface area contributed by atoms with Crippen LogP contribution in [0.15, 0.2) is 4.52 Å². The molecule has 1 aromatic heterocycles. The van der Waals surface area contributed by atoms with Crippen LogP contribution in [0.1, 0.15) is 52.4 Å². The van der Waals surface area contributed by atoms with E-state index in [-0.39, 0.29) is 17.1 Å². The number of rotatable bonds is 4. The summed E-state index contributed by atoms with van der Waals surface area (Å²) in [5, 5.41) is 7.15. The van der Waals surface area contributed by atoms with Crippen molar-refractivity contribution in [2.24, 2.45) is 5.41 Å². The van der Waals surface area contributed by atoms with E-state index in [9.17, 15) is 0 Å². The number of aromatic nitrogens is 2. The zero-order valence-corrected chi connectivity index (χ0v) is 11.8. The summed E-state index contributed by atoms with van der Waals surface area (Å²) in [7, 11) is 3.52. The van der Waals surface area contributed by atoms with Crippen molar-refractivity contribution in [1.29, 1.82) is 0 Å². The monoisotopic (exact) mass is 241 g/mol. The summed E-state index contributed by atoms with van der Waals surface area (Å²) in [5.74, 6) is 1.17. The zero-order valence-electron chi connectivity index (χ0n) is 11.8.